The monoisotopic (exact) mass is 405 g/mol. The second-order valence-corrected chi connectivity index (χ2v) is 7.85. The normalized spacial score (nSPS) is 11.3. The number of imidazole rings is 1. The molecule has 2 heterocycles. The van der Waals surface area contributed by atoms with E-state index in [0.29, 0.717) is 18.1 Å². The Labute approximate surface area is 174 Å². The van der Waals surface area contributed by atoms with Crippen LogP contribution < -0.4 is 0 Å². The first-order chi connectivity index (χ1) is 14.1. The molecule has 0 unspecified atom stereocenters. The topological polar surface area (TPSA) is 63.9 Å². The van der Waals surface area contributed by atoms with Crippen LogP contribution >= 0.6 is 11.8 Å². The molecule has 2 aromatic carbocycles. The van der Waals surface area contributed by atoms with Gasteiger partial charge in [0.2, 0.25) is 5.91 Å². The van der Waals surface area contributed by atoms with Crippen LogP contribution in [0.15, 0.2) is 53.7 Å². The van der Waals surface area contributed by atoms with Gasteiger partial charge in [-0.1, -0.05) is 42.1 Å². The summed E-state index contributed by atoms with van der Waals surface area (Å²) in [6, 6.07) is 16.0. The molecule has 0 spiro atoms. The third-order valence-electron chi connectivity index (χ3n) is 4.90. The van der Waals surface area contributed by atoms with Gasteiger partial charge in [-0.25, -0.2) is 15.0 Å². The molecule has 0 saturated carbocycles. The number of nitrogens with zero attached hydrogens (tertiary/aromatic N) is 5. The van der Waals surface area contributed by atoms with Crippen molar-refractivity contribution in [3.8, 4) is 0 Å². The van der Waals surface area contributed by atoms with Crippen molar-refractivity contribution < 1.29 is 4.79 Å². The third kappa shape index (κ3) is 3.96. The van der Waals surface area contributed by atoms with Crippen LogP contribution in [0.3, 0.4) is 0 Å². The average molecular weight is 406 g/mol. The highest BCUT2D eigenvalue weighted by Crippen LogP contribution is 2.24. The van der Waals surface area contributed by atoms with Gasteiger partial charge in [0.05, 0.1) is 28.8 Å². The summed E-state index contributed by atoms with van der Waals surface area (Å²) in [5.41, 5.74) is 3.88. The first-order valence-electron chi connectivity index (χ1n) is 9.61. The first-order valence-corrected chi connectivity index (χ1v) is 10.6. The Balaban J connectivity index is 1.45. The van der Waals surface area contributed by atoms with Gasteiger partial charge >= 0.3 is 0 Å². The zero-order valence-electron chi connectivity index (χ0n) is 16.8. The van der Waals surface area contributed by atoms with E-state index in [4.69, 9.17) is 0 Å². The Hall–Kier alpha value is -2.93. The number of aromatic nitrogens is 4. The van der Waals surface area contributed by atoms with Crippen molar-refractivity contribution in [1.82, 2.24) is 24.4 Å². The Morgan fingerprint density at radius 1 is 1.03 bits per heavy atom. The van der Waals surface area contributed by atoms with Crippen LogP contribution in [0.5, 0.6) is 0 Å². The van der Waals surface area contributed by atoms with Gasteiger partial charge in [0.1, 0.15) is 5.82 Å². The van der Waals surface area contributed by atoms with Gasteiger partial charge in [0, 0.05) is 24.7 Å². The number of hydrogen-bond donors (Lipinski definition) is 0. The second-order valence-electron chi connectivity index (χ2n) is 6.91. The molecule has 148 valence electrons. The van der Waals surface area contributed by atoms with Gasteiger partial charge in [-0.2, -0.15) is 0 Å². The van der Waals surface area contributed by atoms with Crippen molar-refractivity contribution in [2.45, 2.75) is 32.1 Å². The molecule has 0 radical (unpaired) electrons. The number of amides is 1. The minimum absolute atomic E-state index is 0.0270. The van der Waals surface area contributed by atoms with Crippen molar-refractivity contribution in [2.75, 3.05) is 12.8 Å². The Morgan fingerprint density at radius 2 is 1.76 bits per heavy atom. The first kappa shape index (κ1) is 19.4. The number of fused-ring (bicyclic) bond motifs is 2. The SMILES string of the molecule is CCn1c(SCC(=O)N(C)Cc2nc(C)c3ccccc3n2)nc2ccccc21. The zero-order chi connectivity index (χ0) is 20.4. The third-order valence-corrected chi connectivity index (χ3v) is 5.87. The molecule has 6 nitrogen and oxygen atoms in total. The number of rotatable bonds is 6. The summed E-state index contributed by atoms with van der Waals surface area (Å²) in [7, 11) is 1.79. The minimum atomic E-state index is 0.0270. The summed E-state index contributed by atoms with van der Waals surface area (Å²) < 4.78 is 2.14. The standard InChI is InChI=1S/C22H23N5OS/c1-4-27-19-12-8-7-11-18(19)25-22(27)29-14-21(28)26(3)13-20-23-15(2)16-9-5-6-10-17(16)24-20/h5-12H,4,13-14H2,1-3H3. The van der Waals surface area contributed by atoms with E-state index in [9.17, 15) is 4.79 Å². The van der Waals surface area contributed by atoms with Gasteiger partial charge in [0.15, 0.2) is 5.16 Å². The van der Waals surface area contributed by atoms with E-state index in [1.807, 2.05) is 49.4 Å². The summed E-state index contributed by atoms with van der Waals surface area (Å²) in [4.78, 5) is 28.2. The minimum Gasteiger partial charge on any atom is -0.337 e. The highest BCUT2D eigenvalue weighted by molar-refractivity contribution is 7.99. The van der Waals surface area contributed by atoms with Crippen molar-refractivity contribution in [1.29, 1.82) is 0 Å². The molecule has 29 heavy (non-hydrogen) atoms. The molecule has 2 aromatic heterocycles. The van der Waals surface area contributed by atoms with Crippen LogP contribution in [0.4, 0.5) is 0 Å². The highest BCUT2D eigenvalue weighted by Gasteiger charge is 2.16. The number of para-hydroxylation sites is 3. The summed E-state index contributed by atoms with van der Waals surface area (Å²) in [5, 5.41) is 1.91. The fourth-order valence-corrected chi connectivity index (χ4v) is 4.39. The van der Waals surface area contributed by atoms with Crippen LogP contribution in [0.25, 0.3) is 21.9 Å². The van der Waals surface area contributed by atoms with Crippen LogP contribution in [-0.2, 0) is 17.9 Å². The van der Waals surface area contributed by atoms with Crippen LogP contribution in [0.1, 0.15) is 18.4 Å². The van der Waals surface area contributed by atoms with Crippen LogP contribution in [-0.4, -0.2) is 43.1 Å². The van der Waals surface area contributed by atoms with Crippen LogP contribution in [0.2, 0.25) is 0 Å². The molecule has 0 bridgehead atoms. The van der Waals surface area contributed by atoms with Crippen molar-refractivity contribution in [2.24, 2.45) is 0 Å². The zero-order valence-corrected chi connectivity index (χ0v) is 17.6. The predicted molar refractivity (Wildman–Crippen MR) is 117 cm³/mol. The van der Waals surface area contributed by atoms with Crippen molar-refractivity contribution in [3.63, 3.8) is 0 Å². The Kier molecular flexibility index (Phi) is 5.49. The number of benzene rings is 2. The lowest BCUT2D eigenvalue weighted by Gasteiger charge is -2.17. The Bertz CT molecular complexity index is 1190. The van der Waals surface area contributed by atoms with Crippen molar-refractivity contribution in [3.05, 3.63) is 60.0 Å². The van der Waals surface area contributed by atoms with E-state index in [1.165, 1.54) is 11.8 Å². The molecule has 0 N–H and O–H groups in total. The molecule has 0 atom stereocenters. The quantitative estimate of drug-likeness (QED) is 0.453. The summed E-state index contributed by atoms with van der Waals surface area (Å²) in [6.45, 7) is 5.26. The van der Waals surface area contributed by atoms with E-state index in [1.54, 1.807) is 11.9 Å². The summed E-state index contributed by atoms with van der Waals surface area (Å²) >= 11 is 1.47. The predicted octanol–water partition coefficient (Wildman–Crippen LogP) is 4.06. The molecule has 0 saturated heterocycles. The lowest BCUT2D eigenvalue weighted by molar-refractivity contribution is -0.127. The molecule has 0 fully saturated rings. The molecule has 0 aliphatic heterocycles. The fraction of sp³-hybridized carbons (Fsp3) is 0.273. The maximum absolute atomic E-state index is 12.7. The van der Waals surface area contributed by atoms with E-state index < -0.39 is 0 Å². The molecular weight excluding hydrogens is 382 g/mol. The summed E-state index contributed by atoms with van der Waals surface area (Å²) in [5.74, 6) is 1.01. The number of thioether (sulfide) groups is 1. The van der Waals surface area contributed by atoms with Gasteiger partial charge in [-0.15, -0.1) is 0 Å². The maximum Gasteiger partial charge on any atom is 0.233 e. The van der Waals surface area contributed by atoms with Crippen LogP contribution in [0, 0.1) is 6.92 Å². The average Bonchev–Trinajstić information content (AvgIpc) is 3.09. The fourth-order valence-electron chi connectivity index (χ4n) is 3.37. The van der Waals surface area contributed by atoms with Gasteiger partial charge in [0.25, 0.3) is 0 Å². The molecule has 7 heteroatoms. The molecule has 0 aliphatic carbocycles. The molecule has 4 rings (SSSR count). The van der Waals surface area contributed by atoms with E-state index in [2.05, 4.69) is 32.5 Å². The number of carbonyl (C=O) groups excluding carboxylic acids is 1. The van der Waals surface area contributed by atoms with Crippen molar-refractivity contribution >= 4 is 39.6 Å². The van der Waals surface area contributed by atoms with E-state index >= 15 is 0 Å². The summed E-state index contributed by atoms with van der Waals surface area (Å²) in [6.07, 6.45) is 0. The van der Waals surface area contributed by atoms with E-state index in [0.717, 1.165) is 39.3 Å². The van der Waals surface area contributed by atoms with E-state index in [-0.39, 0.29) is 5.91 Å². The largest absolute Gasteiger partial charge is 0.337 e. The van der Waals surface area contributed by atoms with Gasteiger partial charge < -0.3 is 9.47 Å². The van der Waals surface area contributed by atoms with Gasteiger partial charge in [-0.05, 0) is 32.0 Å². The number of carbonyl (C=O) groups is 1. The maximum atomic E-state index is 12.7. The molecular formula is C22H23N5OS. The second kappa shape index (κ2) is 8.21. The molecule has 4 aromatic rings. The molecule has 1 amide bonds. The van der Waals surface area contributed by atoms with Gasteiger partial charge in [-0.3, -0.25) is 4.79 Å². The highest BCUT2D eigenvalue weighted by atomic mass is 32.2. The number of hydrogen-bond acceptors (Lipinski definition) is 5. The Morgan fingerprint density at radius 3 is 2.55 bits per heavy atom. The lowest BCUT2D eigenvalue weighted by Crippen LogP contribution is -2.29. The smallest absolute Gasteiger partial charge is 0.233 e. The molecule has 0 aliphatic rings. The lowest BCUT2D eigenvalue weighted by atomic mass is 10.2. The number of aryl methyl sites for hydroxylation is 2.